The van der Waals surface area contributed by atoms with Crippen molar-refractivity contribution < 1.29 is 4.18 Å². The quantitative estimate of drug-likeness (QED) is 0.707. The molecule has 0 saturated carbocycles. The second-order valence-electron chi connectivity index (χ2n) is 5.61. The van der Waals surface area contributed by atoms with E-state index in [-0.39, 0.29) is 4.75 Å². The monoisotopic (exact) mass is 219 g/mol. The van der Waals surface area contributed by atoms with Gasteiger partial charge >= 0.3 is 0 Å². The number of hydrogen-bond acceptors (Lipinski definition) is 2. The van der Waals surface area contributed by atoms with Crippen molar-refractivity contribution in [2.45, 2.75) is 38.0 Å². The van der Waals surface area contributed by atoms with E-state index in [0.29, 0.717) is 6.10 Å². The lowest BCUT2D eigenvalue weighted by Crippen LogP contribution is -2.30. The lowest BCUT2D eigenvalue weighted by Gasteiger charge is -2.45. The maximum absolute atomic E-state index is 6.28. The highest BCUT2D eigenvalue weighted by Crippen LogP contribution is 2.55. The zero-order valence-electron chi connectivity index (χ0n) is 10.5. The molecule has 1 saturated heterocycles. The molecule has 1 rings (SSSR count). The van der Waals surface area contributed by atoms with Gasteiger partial charge in [0.15, 0.2) is 0 Å². The van der Waals surface area contributed by atoms with Gasteiger partial charge in [-0.2, -0.15) is 0 Å². The van der Waals surface area contributed by atoms with Gasteiger partial charge in [-0.1, -0.05) is 20.8 Å². The third-order valence-electron chi connectivity index (χ3n) is 3.20. The van der Waals surface area contributed by atoms with Crippen LogP contribution in [0.25, 0.3) is 0 Å². The highest BCUT2D eigenvalue weighted by Gasteiger charge is 2.33. The first kappa shape index (κ1) is 12.3. The van der Waals surface area contributed by atoms with Crippen LogP contribution >= 0.6 is 10.3 Å². The molecule has 0 spiro atoms. The average molecular weight is 219 g/mol. The lowest BCUT2D eigenvalue weighted by molar-refractivity contribution is 0.231. The van der Waals surface area contributed by atoms with E-state index in [2.05, 4.69) is 45.2 Å². The molecule has 2 nitrogen and oxygen atoms in total. The molecule has 1 fully saturated rings. The van der Waals surface area contributed by atoms with Gasteiger partial charge in [0.2, 0.25) is 0 Å². The molecular weight excluding hydrogens is 194 g/mol. The van der Waals surface area contributed by atoms with Crippen molar-refractivity contribution in [2.75, 3.05) is 32.6 Å². The molecule has 0 aromatic rings. The smallest absolute Gasteiger partial charge is 0.0839 e. The Morgan fingerprint density at radius 3 is 2.21 bits per heavy atom. The summed E-state index contributed by atoms with van der Waals surface area (Å²) in [5, 5.41) is 0. The van der Waals surface area contributed by atoms with Crippen molar-refractivity contribution >= 4 is 10.3 Å². The molecule has 86 valence electrons. The summed E-state index contributed by atoms with van der Waals surface area (Å²) in [5.41, 5.74) is 0. The van der Waals surface area contributed by atoms with Crippen LogP contribution in [0.3, 0.4) is 0 Å². The molecule has 14 heavy (non-hydrogen) atoms. The van der Waals surface area contributed by atoms with Crippen LogP contribution < -0.4 is 0 Å². The summed E-state index contributed by atoms with van der Waals surface area (Å²) in [6.45, 7) is 9.12. The number of likely N-dealkylation sites (tertiary alicyclic amines) is 1. The van der Waals surface area contributed by atoms with Crippen LogP contribution in [-0.4, -0.2) is 48.4 Å². The van der Waals surface area contributed by atoms with Crippen LogP contribution in [0.15, 0.2) is 0 Å². The van der Waals surface area contributed by atoms with E-state index >= 15 is 0 Å². The summed E-state index contributed by atoms with van der Waals surface area (Å²) in [5.74, 6) is 0. The first-order valence-electron chi connectivity index (χ1n) is 5.32. The molecule has 1 unspecified atom stereocenters. The van der Waals surface area contributed by atoms with Crippen LogP contribution in [0.5, 0.6) is 0 Å². The minimum absolute atomic E-state index is 0.286. The van der Waals surface area contributed by atoms with Crippen LogP contribution in [0.1, 0.15) is 27.2 Å². The molecule has 0 bridgehead atoms. The summed E-state index contributed by atoms with van der Waals surface area (Å²) in [6, 6.07) is 0. The maximum atomic E-state index is 6.28. The molecule has 0 aliphatic carbocycles. The van der Waals surface area contributed by atoms with E-state index in [0.717, 1.165) is 6.54 Å². The topological polar surface area (TPSA) is 12.5 Å². The fraction of sp³-hybridized carbons (Fsp3) is 1.00. The number of hydrogen-bond donors (Lipinski definition) is 0. The SMILES string of the molecule is CN1CCC(OS(C)(C)C(C)(C)C)C1. The van der Waals surface area contributed by atoms with Crippen molar-refractivity contribution in [3.63, 3.8) is 0 Å². The largest absolute Gasteiger partial charge is 0.332 e. The van der Waals surface area contributed by atoms with Gasteiger partial charge in [-0.15, -0.1) is 10.3 Å². The Bertz CT molecular complexity index is 198. The minimum Gasteiger partial charge on any atom is -0.332 e. The van der Waals surface area contributed by atoms with E-state index in [9.17, 15) is 0 Å². The summed E-state index contributed by atoms with van der Waals surface area (Å²) in [4.78, 5) is 2.35. The van der Waals surface area contributed by atoms with Crippen molar-refractivity contribution in [1.29, 1.82) is 0 Å². The molecule has 0 radical (unpaired) electrons. The zero-order chi connectivity index (χ0) is 11.0. The highest BCUT2D eigenvalue weighted by atomic mass is 32.3. The molecule has 1 aliphatic heterocycles. The van der Waals surface area contributed by atoms with E-state index in [1.54, 1.807) is 0 Å². The van der Waals surface area contributed by atoms with Gasteiger partial charge in [-0.3, -0.25) is 0 Å². The van der Waals surface area contributed by atoms with Crippen LogP contribution in [0.4, 0.5) is 0 Å². The van der Waals surface area contributed by atoms with E-state index < -0.39 is 10.3 Å². The summed E-state index contributed by atoms with van der Waals surface area (Å²) < 4.78 is 6.56. The Balaban J connectivity index is 2.51. The molecule has 1 atom stereocenters. The first-order valence-corrected chi connectivity index (χ1v) is 7.69. The lowest BCUT2D eigenvalue weighted by atomic mass is 10.3. The summed E-state index contributed by atoms with van der Waals surface area (Å²) in [6.07, 6.45) is 6.23. The number of nitrogens with zero attached hydrogens (tertiary/aromatic N) is 1. The third kappa shape index (κ3) is 2.88. The van der Waals surface area contributed by atoms with Gasteiger partial charge in [0.1, 0.15) is 0 Å². The third-order valence-corrected chi connectivity index (χ3v) is 6.90. The summed E-state index contributed by atoms with van der Waals surface area (Å²) >= 11 is 0. The molecule has 1 aliphatic rings. The molecule has 0 amide bonds. The van der Waals surface area contributed by atoms with Gasteiger partial charge in [0, 0.05) is 17.8 Å². The van der Waals surface area contributed by atoms with Crippen molar-refractivity contribution in [3.8, 4) is 0 Å². The predicted octanol–water partition coefficient (Wildman–Crippen LogP) is 2.48. The van der Waals surface area contributed by atoms with Gasteiger partial charge in [-0.25, -0.2) is 0 Å². The van der Waals surface area contributed by atoms with Gasteiger partial charge < -0.3 is 9.08 Å². The van der Waals surface area contributed by atoms with Crippen molar-refractivity contribution in [1.82, 2.24) is 4.90 Å². The van der Waals surface area contributed by atoms with Crippen molar-refractivity contribution in [3.05, 3.63) is 0 Å². The maximum Gasteiger partial charge on any atom is 0.0839 e. The van der Waals surface area contributed by atoms with Crippen LogP contribution in [0, 0.1) is 0 Å². The van der Waals surface area contributed by atoms with E-state index in [1.165, 1.54) is 13.0 Å². The molecule has 0 aromatic carbocycles. The average Bonchev–Trinajstić information content (AvgIpc) is 2.31. The van der Waals surface area contributed by atoms with E-state index in [1.807, 2.05) is 0 Å². The molecule has 0 N–H and O–H groups in total. The summed E-state index contributed by atoms with van der Waals surface area (Å²) in [7, 11) is 1.24. The van der Waals surface area contributed by atoms with Crippen LogP contribution in [0.2, 0.25) is 0 Å². The number of rotatable bonds is 2. The van der Waals surface area contributed by atoms with Crippen LogP contribution in [-0.2, 0) is 4.18 Å². The van der Waals surface area contributed by atoms with Gasteiger partial charge in [0.25, 0.3) is 0 Å². The Morgan fingerprint density at radius 2 is 1.86 bits per heavy atom. The van der Waals surface area contributed by atoms with Gasteiger partial charge in [0.05, 0.1) is 6.10 Å². The Kier molecular flexibility index (Phi) is 3.55. The second-order valence-corrected chi connectivity index (χ2v) is 9.50. The zero-order valence-corrected chi connectivity index (χ0v) is 11.3. The van der Waals surface area contributed by atoms with E-state index in [4.69, 9.17) is 4.18 Å². The Morgan fingerprint density at radius 1 is 1.29 bits per heavy atom. The van der Waals surface area contributed by atoms with Crippen molar-refractivity contribution in [2.24, 2.45) is 0 Å². The Hall–Kier alpha value is 0.270. The predicted molar refractivity (Wildman–Crippen MR) is 66.2 cm³/mol. The first-order chi connectivity index (χ1) is 6.22. The fourth-order valence-electron chi connectivity index (χ4n) is 1.46. The molecule has 3 heteroatoms. The number of likely N-dealkylation sites (N-methyl/N-ethyl adjacent to an activating group) is 1. The normalized spacial score (nSPS) is 26.9. The molecular formula is C11H25NOS. The second kappa shape index (κ2) is 4.03. The highest BCUT2D eigenvalue weighted by molar-refractivity contribution is 8.29. The Labute approximate surface area is 90.5 Å². The fourth-order valence-corrected chi connectivity index (χ4v) is 2.58. The molecule has 1 heterocycles. The minimum atomic E-state index is -0.931. The molecule has 0 aromatic heterocycles. The standard InChI is InChI=1S/C11H25NOS/c1-11(2,3)14(5,6)13-10-7-8-12(4)9-10/h10H,7-9H2,1-6H3. The van der Waals surface area contributed by atoms with Gasteiger partial charge in [-0.05, 0) is 26.0 Å².